The van der Waals surface area contributed by atoms with Crippen LogP contribution in [0.2, 0.25) is 0 Å². The molecule has 7 nitrogen and oxygen atoms in total. The summed E-state index contributed by atoms with van der Waals surface area (Å²) in [6.07, 6.45) is 1.31. The summed E-state index contributed by atoms with van der Waals surface area (Å²) >= 11 is 1.33. The van der Waals surface area contributed by atoms with E-state index in [-0.39, 0.29) is 35.2 Å². The number of nitrogens with zero attached hydrogens (tertiary/aromatic N) is 4. The minimum atomic E-state index is -3.04. The third-order valence-corrected chi connectivity index (χ3v) is 7.90. The Kier molecular flexibility index (Phi) is 6.44. The second-order valence-corrected chi connectivity index (χ2v) is 10.3. The zero-order chi connectivity index (χ0) is 20.3. The molecular weight excluding hydrogens is 396 g/mol. The van der Waals surface area contributed by atoms with E-state index >= 15 is 0 Å². The maximum Gasteiger partial charge on any atom is 0.233 e. The fourth-order valence-electron chi connectivity index (χ4n) is 3.48. The van der Waals surface area contributed by atoms with Crippen molar-refractivity contribution in [3.05, 3.63) is 30.3 Å². The van der Waals surface area contributed by atoms with Gasteiger partial charge >= 0.3 is 0 Å². The third-order valence-electron chi connectivity index (χ3n) is 5.15. The molecule has 0 saturated carbocycles. The molecule has 28 heavy (non-hydrogen) atoms. The van der Waals surface area contributed by atoms with Crippen LogP contribution in [0.25, 0.3) is 11.4 Å². The van der Waals surface area contributed by atoms with Crippen molar-refractivity contribution in [1.82, 2.24) is 19.7 Å². The molecule has 1 aromatic heterocycles. The molecule has 0 bridgehead atoms. The van der Waals surface area contributed by atoms with E-state index in [0.29, 0.717) is 11.6 Å². The van der Waals surface area contributed by atoms with Crippen molar-refractivity contribution in [1.29, 1.82) is 0 Å². The minimum absolute atomic E-state index is 0.00535. The summed E-state index contributed by atoms with van der Waals surface area (Å²) in [5.74, 6) is 1.13. The summed E-state index contributed by atoms with van der Waals surface area (Å²) in [4.78, 5) is 14.7. The molecule has 2 atom stereocenters. The van der Waals surface area contributed by atoms with Crippen LogP contribution in [0.5, 0.6) is 0 Å². The number of sulfone groups is 1. The number of carbonyl (C=O) groups excluding carboxylic acids is 1. The number of rotatable bonds is 7. The Bertz CT molecular complexity index is 928. The fraction of sp³-hybridized carbons (Fsp3) is 0.526. The first-order valence-electron chi connectivity index (χ1n) is 9.41. The number of benzene rings is 1. The van der Waals surface area contributed by atoms with Crippen molar-refractivity contribution >= 4 is 27.5 Å². The van der Waals surface area contributed by atoms with E-state index in [1.165, 1.54) is 11.8 Å². The van der Waals surface area contributed by atoms with Crippen molar-refractivity contribution in [2.45, 2.75) is 43.9 Å². The SMILES string of the molecule is CC[C@H](C)N(C(=O)CSc1nnc(-c2ccccc2)n1C)[C@H]1CCS(=O)(=O)C1. The Balaban J connectivity index is 1.70. The lowest BCUT2D eigenvalue weighted by Gasteiger charge is -2.33. The van der Waals surface area contributed by atoms with Gasteiger partial charge in [-0.15, -0.1) is 10.2 Å². The Morgan fingerprint density at radius 2 is 2.04 bits per heavy atom. The van der Waals surface area contributed by atoms with Gasteiger partial charge in [0, 0.05) is 24.7 Å². The highest BCUT2D eigenvalue weighted by molar-refractivity contribution is 7.99. The van der Waals surface area contributed by atoms with Crippen LogP contribution in [0, 0.1) is 0 Å². The Hall–Kier alpha value is -1.87. The van der Waals surface area contributed by atoms with Gasteiger partial charge in [0.1, 0.15) is 0 Å². The molecule has 0 N–H and O–H groups in total. The predicted molar refractivity (Wildman–Crippen MR) is 111 cm³/mol. The maximum absolute atomic E-state index is 13.0. The van der Waals surface area contributed by atoms with Crippen LogP contribution in [0.15, 0.2) is 35.5 Å². The Morgan fingerprint density at radius 1 is 1.32 bits per heavy atom. The molecular formula is C19H26N4O3S2. The topological polar surface area (TPSA) is 85.2 Å². The van der Waals surface area contributed by atoms with Gasteiger partial charge in [-0.1, -0.05) is 49.0 Å². The number of thioether (sulfide) groups is 1. The van der Waals surface area contributed by atoms with E-state index < -0.39 is 9.84 Å². The van der Waals surface area contributed by atoms with Crippen molar-refractivity contribution in [2.75, 3.05) is 17.3 Å². The van der Waals surface area contributed by atoms with Crippen molar-refractivity contribution in [2.24, 2.45) is 7.05 Å². The van der Waals surface area contributed by atoms with Crippen molar-refractivity contribution < 1.29 is 13.2 Å². The lowest BCUT2D eigenvalue weighted by Crippen LogP contribution is -2.47. The van der Waals surface area contributed by atoms with E-state index in [2.05, 4.69) is 10.2 Å². The van der Waals surface area contributed by atoms with Gasteiger partial charge in [0.05, 0.1) is 17.3 Å². The van der Waals surface area contributed by atoms with Crippen LogP contribution in [0.4, 0.5) is 0 Å². The average Bonchev–Trinajstić information content (AvgIpc) is 3.22. The van der Waals surface area contributed by atoms with Crippen molar-refractivity contribution in [3.8, 4) is 11.4 Å². The first kappa shape index (κ1) is 20.9. The van der Waals surface area contributed by atoms with Crippen LogP contribution in [0.3, 0.4) is 0 Å². The quantitative estimate of drug-likeness (QED) is 0.637. The summed E-state index contributed by atoms with van der Waals surface area (Å²) in [5, 5.41) is 9.13. The second-order valence-electron chi connectivity index (χ2n) is 7.14. The molecule has 1 fully saturated rings. The Morgan fingerprint density at radius 3 is 2.64 bits per heavy atom. The minimum Gasteiger partial charge on any atom is -0.335 e. The molecule has 0 spiro atoms. The van der Waals surface area contributed by atoms with Gasteiger partial charge in [-0.25, -0.2) is 8.42 Å². The van der Waals surface area contributed by atoms with Crippen LogP contribution < -0.4 is 0 Å². The van der Waals surface area contributed by atoms with Crippen LogP contribution >= 0.6 is 11.8 Å². The molecule has 1 aliphatic rings. The highest BCUT2D eigenvalue weighted by Gasteiger charge is 2.36. The number of carbonyl (C=O) groups is 1. The van der Waals surface area contributed by atoms with E-state index in [4.69, 9.17) is 0 Å². The zero-order valence-electron chi connectivity index (χ0n) is 16.4. The molecule has 3 rings (SSSR count). The monoisotopic (exact) mass is 422 g/mol. The molecule has 1 aliphatic heterocycles. The fourth-order valence-corrected chi connectivity index (χ4v) is 5.97. The summed E-state index contributed by atoms with van der Waals surface area (Å²) in [5.41, 5.74) is 0.966. The molecule has 9 heteroatoms. The van der Waals surface area contributed by atoms with Gasteiger partial charge in [0.2, 0.25) is 5.91 Å². The number of hydrogen-bond acceptors (Lipinski definition) is 6. The highest BCUT2D eigenvalue weighted by Crippen LogP contribution is 2.25. The van der Waals surface area contributed by atoms with Crippen LogP contribution in [-0.4, -0.2) is 63.3 Å². The van der Waals surface area contributed by atoms with E-state index in [1.54, 1.807) is 4.90 Å². The first-order valence-corrected chi connectivity index (χ1v) is 12.2. The van der Waals surface area contributed by atoms with E-state index in [0.717, 1.165) is 17.8 Å². The molecule has 2 aromatic rings. The number of amides is 1. The third kappa shape index (κ3) is 4.57. The van der Waals surface area contributed by atoms with Gasteiger partial charge in [-0.3, -0.25) is 4.79 Å². The van der Waals surface area contributed by atoms with E-state index in [9.17, 15) is 13.2 Å². The van der Waals surface area contributed by atoms with Gasteiger partial charge in [-0.2, -0.15) is 0 Å². The smallest absolute Gasteiger partial charge is 0.233 e. The second kappa shape index (κ2) is 8.65. The van der Waals surface area contributed by atoms with E-state index in [1.807, 2.05) is 55.8 Å². The average molecular weight is 423 g/mol. The summed E-state index contributed by atoms with van der Waals surface area (Å²) in [7, 11) is -1.16. The normalized spacial score (nSPS) is 19.5. The maximum atomic E-state index is 13.0. The lowest BCUT2D eigenvalue weighted by atomic mass is 10.1. The summed E-state index contributed by atoms with van der Waals surface area (Å²) < 4.78 is 25.6. The molecule has 2 heterocycles. The molecule has 152 valence electrons. The molecule has 0 aliphatic carbocycles. The lowest BCUT2D eigenvalue weighted by molar-refractivity contribution is -0.132. The number of aromatic nitrogens is 3. The largest absolute Gasteiger partial charge is 0.335 e. The van der Waals surface area contributed by atoms with Gasteiger partial charge in [0.15, 0.2) is 20.8 Å². The zero-order valence-corrected chi connectivity index (χ0v) is 18.0. The molecule has 0 radical (unpaired) electrons. The number of hydrogen-bond donors (Lipinski definition) is 0. The highest BCUT2D eigenvalue weighted by atomic mass is 32.2. The van der Waals surface area contributed by atoms with Crippen LogP contribution in [0.1, 0.15) is 26.7 Å². The molecule has 1 amide bonds. The van der Waals surface area contributed by atoms with Gasteiger partial charge in [0.25, 0.3) is 0 Å². The standard InChI is InChI=1S/C19H26N4O3S2/c1-4-14(2)23(16-10-11-28(25,26)13-16)17(24)12-27-19-21-20-18(22(19)3)15-8-6-5-7-9-15/h5-9,14,16H,4,10-13H2,1-3H3/t14-,16-/m0/s1. The summed E-state index contributed by atoms with van der Waals surface area (Å²) in [6, 6.07) is 9.54. The first-order chi connectivity index (χ1) is 13.3. The van der Waals surface area contributed by atoms with Crippen molar-refractivity contribution in [3.63, 3.8) is 0 Å². The molecule has 1 aromatic carbocycles. The van der Waals surface area contributed by atoms with Gasteiger partial charge < -0.3 is 9.47 Å². The Labute approximate surface area is 170 Å². The molecule has 1 saturated heterocycles. The summed E-state index contributed by atoms with van der Waals surface area (Å²) in [6.45, 7) is 3.99. The van der Waals surface area contributed by atoms with Crippen LogP contribution in [-0.2, 0) is 21.7 Å². The predicted octanol–water partition coefficient (Wildman–Crippen LogP) is 2.39. The molecule has 0 unspecified atom stereocenters. The van der Waals surface area contributed by atoms with Gasteiger partial charge in [-0.05, 0) is 19.8 Å².